The minimum absolute atomic E-state index is 0.438. The molecule has 2 aliphatic rings. The highest BCUT2D eigenvalue weighted by Crippen LogP contribution is 2.45. The Morgan fingerprint density at radius 2 is 2.07 bits per heavy atom. The van der Waals surface area contributed by atoms with Crippen LogP contribution in [0.3, 0.4) is 0 Å². The number of rotatable bonds is 1. The molecule has 0 heterocycles. The number of hydrogen-bond donors (Lipinski definition) is 0. The zero-order valence-corrected chi connectivity index (χ0v) is 8.67. The first-order chi connectivity index (χ1) is 6.72. The number of allylic oxidation sites excluding steroid dienone is 2. The third kappa shape index (κ3) is 1.56. The maximum absolute atomic E-state index is 11.4. The van der Waals surface area contributed by atoms with E-state index in [1.165, 1.54) is 5.57 Å². The first-order valence-corrected chi connectivity index (χ1v) is 5.54. The van der Waals surface area contributed by atoms with Crippen molar-refractivity contribution in [2.24, 2.45) is 17.8 Å². The van der Waals surface area contributed by atoms with E-state index in [4.69, 9.17) is 0 Å². The fraction of sp³-hybridized carbons (Fsp3) is 0.615. The van der Waals surface area contributed by atoms with Crippen molar-refractivity contribution in [3.63, 3.8) is 0 Å². The van der Waals surface area contributed by atoms with E-state index in [0.29, 0.717) is 23.5 Å². The molecule has 0 saturated heterocycles. The Kier molecular flexibility index (Phi) is 2.58. The lowest BCUT2D eigenvalue weighted by atomic mass is 9.63. The molecular formula is C13H18O. The van der Waals surface area contributed by atoms with E-state index < -0.39 is 0 Å². The van der Waals surface area contributed by atoms with Crippen molar-refractivity contribution in [3.8, 4) is 0 Å². The molecule has 3 atom stereocenters. The van der Waals surface area contributed by atoms with Gasteiger partial charge >= 0.3 is 0 Å². The van der Waals surface area contributed by atoms with Gasteiger partial charge in [0.15, 0.2) is 0 Å². The monoisotopic (exact) mass is 190 g/mol. The largest absolute Gasteiger partial charge is 0.300 e. The molecule has 0 aromatic carbocycles. The van der Waals surface area contributed by atoms with E-state index >= 15 is 0 Å². The molecular weight excluding hydrogens is 172 g/mol. The van der Waals surface area contributed by atoms with Gasteiger partial charge in [-0.2, -0.15) is 0 Å². The van der Waals surface area contributed by atoms with Gasteiger partial charge in [0.2, 0.25) is 0 Å². The Morgan fingerprint density at radius 1 is 1.29 bits per heavy atom. The van der Waals surface area contributed by atoms with Crippen LogP contribution in [0.25, 0.3) is 0 Å². The lowest BCUT2D eigenvalue weighted by molar-refractivity contribution is -0.123. The predicted octanol–water partition coefficient (Wildman–Crippen LogP) is 3.12. The Labute approximate surface area is 85.9 Å². The van der Waals surface area contributed by atoms with Crippen LogP contribution in [0.5, 0.6) is 0 Å². The van der Waals surface area contributed by atoms with Gasteiger partial charge in [-0.05, 0) is 37.0 Å². The Hall–Kier alpha value is -0.850. The molecule has 14 heavy (non-hydrogen) atoms. The standard InChI is InChI=1S/C13H18O/c1-3-10-5-4-9(2)12-7-6-11(14)8-13(10)12/h3,10,12-13H,1-2,4-8H2/t10-,12+,13+/m0/s1. The summed E-state index contributed by atoms with van der Waals surface area (Å²) in [6.45, 7) is 8.03. The van der Waals surface area contributed by atoms with E-state index in [1.807, 2.05) is 6.08 Å². The third-order valence-electron chi connectivity index (χ3n) is 3.89. The fourth-order valence-corrected chi connectivity index (χ4v) is 3.04. The highest BCUT2D eigenvalue weighted by atomic mass is 16.1. The summed E-state index contributed by atoms with van der Waals surface area (Å²) >= 11 is 0. The average Bonchev–Trinajstić information content (AvgIpc) is 2.18. The predicted molar refractivity (Wildman–Crippen MR) is 57.9 cm³/mol. The molecule has 0 aliphatic heterocycles. The number of fused-ring (bicyclic) bond motifs is 1. The molecule has 2 saturated carbocycles. The molecule has 2 fully saturated rings. The molecule has 0 aromatic rings. The van der Waals surface area contributed by atoms with Crippen molar-refractivity contribution in [1.82, 2.24) is 0 Å². The van der Waals surface area contributed by atoms with Gasteiger partial charge in [0.05, 0.1) is 0 Å². The van der Waals surface area contributed by atoms with E-state index in [-0.39, 0.29) is 0 Å². The number of ketones is 1. The van der Waals surface area contributed by atoms with Gasteiger partial charge in [-0.3, -0.25) is 4.79 Å². The molecule has 0 radical (unpaired) electrons. The molecule has 0 aromatic heterocycles. The van der Waals surface area contributed by atoms with Gasteiger partial charge in [0.1, 0.15) is 5.78 Å². The fourth-order valence-electron chi connectivity index (χ4n) is 3.04. The summed E-state index contributed by atoms with van der Waals surface area (Å²) in [6, 6.07) is 0. The van der Waals surface area contributed by atoms with Crippen LogP contribution in [0.2, 0.25) is 0 Å². The summed E-state index contributed by atoms with van der Waals surface area (Å²) in [5, 5.41) is 0. The molecule has 0 N–H and O–H groups in total. The van der Waals surface area contributed by atoms with Gasteiger partial charge < -0.3 is 0 Å². The highest BCUT2D eigenvalue weighted by molar-refractivity contribution is 5.79. The van der Waals surface area contributed by atoms with Crippen LogP contribution < -0.4 is 0 Å². The summed E-state index contributed by atoms with van der Waals surface area (Å²) in [6.07, 6.45) is 6.89. The molecule has 76 valence electrons. The van der Waals surface area contributed by atoms with Gasteiger partial charge in [-0.25, -0.2) is 0 Å². The summed E-state index contributed by atoms with van der Waals surface area (Å²) in [4.78, 5) is 11.4. The number of hydrogen-bond acceptors (Lipinski definition) is 1. The Balaban J connectivity index is 2.18. The molecule has 0 amide bonds. The second kappa shape index (κ2) is 3.72. The van der Waals surface area contributed by atoms with E-state index in [9.17, 15) is 4.79 Å². The van der Waals surface area contributed by atoms with Crippen LogP contribution >= 0.6 is 0 Å². The minimum Gasteiger partial charge on any atom is -0.300 e. The number of carbonyl (C=O) groups is 1. The van der Waals surface area contributed by atoms with Crippen molar-refractivity contribution >= 4 is 5.78 Å². The third-order valence-corrected chi connectivity index (χ3v) is 3.89. The SMILES string of the molecule is C=C[C@H]1CCC(=C)[C@H]2CCC(=O)C[C@@H]21. The first-order valence-electron chi connectivity index (χ1n) is 5.54. The topological polar surface area (TPSA) is 17.1 Å². The molecule has 0 unspecified atom stereocenters. The van der Waals surface area contributed by atoms with Crippen molar-refractivity contribution < 1.29 is 4.79 Å². The van der Waals surface area contributed by atoms with Crippen molar-refractivity contribution in [3.05, 3.63) is 24.8 Å². The van der Waals surface area contributed by atoms with Crippen LogP contribution in [-0.2, 0) is 4.79 Å². The van der Waals surface area contributed by atoms with Crippen LogP contribution in [0, 0.1) is 17.8 Å². The summed E-state index contributed by atoms with van der Waals surface area (Å²) in [5.41, 5.74) is 1.38. The maximum atomic E-state index is 11.4. The maximum Gasteiger partial charge on any atom is 0.133 e. The van der Waals surface area contributed by atoms with Gasteiger partial charge in [-0.15, -0.1) is 6.58 Å². The number of carbonyl (C=O) groups excluding carboxylic acids is 1. The summed E-state index contributed by atoms with van der Waals surface area (Å²) in [7, 11) is 0. The molecule has 0 bridgehead atoms. The second-order valence-electron chi connectivity index (χ2n) is 4.65. The zero-order valence-electron chi connectivity index (χ0n) is 8.67. The van der Waals surface area contributed by atoms with Crippen LogP contribution in [0.1, 0.15) is 32.1 Å². The smallest absolute Gasteiger partial charge is 0.133 e. The zero-order chi connectivity index (χ0) is 10.1. The van der Waals surface area contributed by atoms with Crippen molar-refractivity contribution in [2.45, 2.75) is 32.1 Å². The van der Waals surface area contributed by atoms with Gasteiger partial charge in [0, 0.05) is 12.8 Å². The van der Waals surface area contributed by atoms with E-state index in [1.54, 1.807) is 0 Å². The summed E-state index contributed by atoms with van der Waals surface area (Å²) in [5.74, 6) is 2.11. The summed E-state index contributed by atoms with van der Waals surface area (Å²) < 4.78 is 0. The minimum atomic E-state index is 0.438. The van der Waals surface area contributed by atoms with Gasteiger partial charge in [0.25, 0.3) is 0 Å². The van der Waals surface area contributed by atoms with Crippen LogP contribution in [0.15, 0.2) is 24.8 Å². The first kappa shape index (κ1) is 9.70. The lowest BCUT2D eigenvalue weighted by Gasteiger charge is -2.41. The molecule has 1 nitrogen and oxygen atoms in total. The van der Waals surface area contributed by atoms with Crippen molar-refractivity contribution in [2.75, 3.05) is 0 Å². The molecule has 2 aliphatic carbocycles. The Bertz CT molecular complexity index is 277. The van der Waals surface area contributed by atoms with Crippen molar-refractivity contribution in [1.29, 1.82) is 0 Å². The van der Waals surface area contributed by atoms with E-state index in [0.717, 1.165) is 32.1 Å². The van der Waals surface area contributed by atoms with Crippen LogP contribution in [-0.4, -0.2) is 5.78 Å². The second-order valence-corrected chi connectivity index (χ2v) is 4.65. The molecule has 0 spiro atoms. The number of Topliss-reactive ketones (excluding diaryl/α,β-unsaturated/α-hetero) is 1. The van der Waals surface area contributed by atoms with E-state index in [2.05, 4.69) is 13.2 Å². The highest BCUT2D eigenvalue weighted by Gasteiger charge is 2.37. The Morgan fingerprint density at radius 3 is 2.79 bits per heavy atom. The average molecular weight is 190 g/mol. The van der Waals surface area contributed by atoms with Gasteiger partial charge in [-0.1, -0.05) is 18.2 Å². The molecule has 1 heteroatoms. The van der Waals surface area contributed by atoms with Crippen LogP contribution in [0.4, 0.5) is 0 Å². The molecule has 2 rings (SSSR count). The normalized spacial score (nSPS) is 37.9. The quantitative estimate of drug-likeness (QED) is 0.581. The lowest BCUT2D eigenvalue weighted by Crippen LogP contribution is -2.34.